The summed E-state index contributed by atoms with van der Waals surface area (Å²) in [7, 11) is 1.50. The number of alkyl halides is 3. The number of carbonyl (C=O) groups is 3. The molecular formula is C19H21F3N2O3. The van der Waals surface area contributed by atoms with Gasteiger partial charge in [-0.3, -0.25) is 19.3 Å². The molecule has 5 nitrogen and oxygen atoms in total. The summed E-state index contributed by atoms with van der Waals surface area (Å²) in [6.45, 7) is -0.220. The first-order valence-electron chi connectivity index (χ1n) is 8.94. The quantitative estimate of drug-likeness (QED) is 0.753. The molecule has 1 aromatic rings. The first-order chi connectivity index (χ1) is 12.7. The zero-order chi connectivity index (χ0) is 19.8. The van der Waals surface area contributed by atoms with E-state index in [1.165, 1.54) is 24.1 Å². The lowest BCUT2D eigenvalue weighted by molar-refractivity contribution is -0.146. The van der Waals surface area contributed by atoms with E-state index >= 15 is 0 Å². The minimum Gasteiger partial charge on any atom is -0.340 e. The van der Waals surface area contributed by atoms with E-state index in [9.17, 15) is 27.6 Å². The molecule has 0 radical (unpaired) electrons. The Kier molecular flexibility index (Phi) is 5.26. The predicted octanol–water partition coefficient (Wildman–Crippen LogP) is 2.84. The SMILES string of the molecule is CN(Cc1ccc(C(F)(F)F)cc1)C(=O)CN1C(=O)[C@H]2CCCC[C@H]2C1=O. The molecule has 1 heterocycles. The number of rotatable bonds is 4. The van der Waals surface area contributed by atoms with Crippen LogP contribution in [0.4, 0.5) is 13.2 Å². The molecule has 0 aromatic heterocycles. The van der Waals surface area contributed by atoms with Crippen molar-refractivity contribution in [3.8, 4) is 0 Å². The molecule has 2 atom stereocenters. The summed E-state index contributed by atoms with van der Waals surface area (Å²) >= 11 is 0. The fourth-order valence-electron chi connectivity index (χ4n) is 3.80. The Hall–Kier alpha value is -2.38. The number of likely N-dealkylation sites (tertiary alicyclic amines) is 1. The summed E-state index contributed by atoms with van der Waals surface area (Å²) in [5.74, 6) is -1.59. The van der Waals surface area contributed by atoms with Crippen molar-refractivity contribution in [2.24, 2.45) is 11.8 Å². The maximum atomic E-state index is 12.6. The van der Waals surface area contributed by atoms with Gasteiger partial charge in [0.2, 0.25) is 17.7 Å². The third-order valence-corrected chi connectivity index (χ3v) is 5.35. The Morgan fingerprint density at radius 1 is 1.07 bits per heavy atom. The molecule has 0 spiro atoms. The largest absolute Gasteiger partial charge is 0.416 e. The average molecular weight is 382 g/mol. The molecule has 0 N–H and O–H groups in total. The normalized spacial score (nSPS) is 22.7. The fraction of sp³-hybridized carbons (Fsp3) is 0.526. The van der Waals surface area contributed by atoms with E-state index in [2.05, 4.69) is 0 Å². The number of halogens is 3. The van der Waals surface area contributed by atoms with Gasteiger partial charge >= 0.3 is 6.18 Å². The highest BCUT2D eigenvalue weighted by atomic mass is 19.4. The predicted molar refractivity (Wildman–Crippen MR) is 90.1 cm³/mol. The molecule has 1 saturated carbocycles. The molecule has 27 heavy (non-hydrogen) atoms. The molecule has 3 rings (SSSR count). The summed E-state index contributed by atoms with van der Waals surface area (Å²) in [5.41, 5.74) is -0.220. The first-order valence-corrected chi connectivity index (χ1v) is 8.94. The van der Waals surface area contributed by atoms with E-state index in [4.69, 9.17) is 0 Å². The number of amides is 3. The minimum atomic E-state index is -4.41. The van der Waals surface area contributed by atoms with Crippen LogP contribution in [0, 0.1) is 11.8 Å². The zero-order valence-corrected chi connectivity index (χ0v) is 15.0. The molecule has 146 valence electrons. The molecule has 1 saturated heterocycles. The van der Waals surface area contributed by atoms with Crippen molar-refractivity contribution >= 4 is 17.7 Å². The van der Waals surface area contributed by atoms with E-state index in [1.54, 1.807) is 0 Å². The maximum absolute atomic E-state index is 12.6. The second-order valence-electron chi connectivity index (χ2n) is 7.20. The molecular weight excluding hydrogens is 361 g/mol. The van der Waals surface area contributed by atoms with Crippen LogP contribution in [-0.4, -0.2) is 41.1 Å². The number of hydrogen-bond donors (Lipinski definition) is 0. The number of likely N-dealkylation sites (N-methyl/N-ethyl adjacent to an activating group) is 1. The van der Waals surface area contributed by atoms with Crippen LogP contribution in [0.15, 0.2) is 24.3 Å². The number of hydrogen-bond acceptors (Lipinski definition) is 3. The Balaban J connectivity index is 1.61. The zero-order valence-electron chi connectivity index (χ0n) is 15.0. The summed E-state index contributed by atoms with van der Waals surface area (Å²) in [5, 5.41) is 0. The molecule has 1 aliphatic carbocycles. The molecule has 0 unspecified atom stereocenters. The van der Waals surface area contributed by atoms with Crippen molar-refractivity contribution in [2.45, 2.75) is 38.4 Å². The van der Waals surface area contributed by atoms with E-state index in [0.717, 1.165) is 29.9 Å². The van der Waals surface area contributed by atoms with Crippen LogP contribution in [0.1, 0.15) is 36.8 Å². The third kappa shape index (κ3) is 3.99. The van der Waals surface area contributed by atoms with Crippen molar-refractivity contribution in [1.82, 2.24) is 9.80 Å². The summed E-state index contributed by atoms with van der Waals surface area (Å²) in [6.07, 6.45) is -1.22. The van der Waals surface area contributed by atoms with Crippen LogP contribution < -0.4 is 0 Å². The van der Waals surface area contributed by atoms with Gasteiger partial charge in [-0.2, -0.15) is 13.2 Å². The van der Waals surface area contributed by atoms with Crippen LogP contribution in [-0.2, 0) is 27.1 Å². The van der Waals surface area contributed by atoms with Gasteiger partial charge in [-0.25, -0.2) is 0 Å². The lowest BCUT2D eigenvalue weighted by Gasteiger charge is -2.21. The number of benzene rings is 1. The Bertz CT molecular complexity index is 722. The lowest BCUT2D eigenvalue weighted by atomic mass is 9.81. The summed E-state index contributed by atoms with van der Waals surface area (Å²) < 4.78 is 37.8. The van der Waals surface area contributed by atoms with E-state index in [-0.39, 0.29) is 36.7 Å². The highest BCUT2D eigenvalue weighted by Gasteiger charge is 2.48. The topological polar surface area (TPSA) is 57.7 Å². The van der Waals surface area contributed by atoms with Crippen molar-refractivity contribution in [3.63, 3.8) is 0 Å². The minimum absolute atomic E-state index is 0.0973. The van der Waals surface area contributed by atoms with Crippen LogP contribution >= 0.6 is 0 Å². The fourth-order valence-corrected chi connectivity index (χ4v) is 3.80. The van der Waals surface area contributed by atoms with Gasteiger partial charge in [-0.05, 0) is 30.5 Å². The summed E-state index contributed by atoms with van der Waals surface area (Å²) in [6, 6.07) is 4.55. The average Bonchev–Trinajstić information content (AvgIpc) is 2.86. The van der Waals surface area contributed by atoms with Crippen LogP contribution in [0.3, 0.4) is 0 Å². The van der Waals surface area contributed by atoms with Crippen molar-refractivity contribution < 1.29 is 27.6 Å². The van der Waals surface area contributed by atoms with E-state index < -0.39 is 17.6 Å². The maximum Gasteiger partial charge on any atom is 0.416 e. The molecule has 3 amide bonds. The second kappa shape index (κ2) is 7.32. The standard InChI is InChI=1S/C19H21F3N2O3/c1-23(10-12-6-8-13(9-7-12)19(20,21)22)16(25)11-24-17(26)14-4-2-3-5-15(14)18(24)27/h6-9,14-15H,2-5,10-11H2,1H3/t14-,15+. The number of nitrogens with zero attached hydrogens (tertiary/aromatic N) is 2. The molecule has 1 aliphatic heterocycles. The molecule has 1 aromatic carbocycles. The van der Waals surface area contributed by atoms with Gasteiger partial charge in [-0.1, -0.05) is 25.0 Å². The number of carbonyl (C=O) groups excluding carboxylic acids is 3. The van der Waals surface area contributed by atoms with E-state index in [0.29, 0.717) is 18.4 Å². The number of imide groups is 1. The Morgan fingerprint density at radius 3 is 2.07 bits per heavy atom. The van der Waals surface area contributed by atoms with Gasteiger partial charge in [0.15, 0.2) is 0 Å². The number of fused-ring (bicyclic) bond motifs is 1. The molecule has 2 aliphatic rings. The van der Waals surface area contributed by atoms with E-state index in [1.807, 2.05) is 0 Å². The van der Waals surface area contributed by atoms with Gasteiger partial charge < -0.3 is 4.90 Å². The Labute approximate surface area is 155 Å². The smallest absolute Gasteiger partial charge is 0.340 e. The highest BCUT2D eigenvalue weighted by molar-refractivity contribution is 6.07. The molecule has 2 fully saturated rings. The second-order valence-corrected chi connectivity index (χ2v) is 7.20. The summed E-state index contributed by atoms with van der Waals surface area (Å²) in [4.78, 5) is 39.6. The monoisotopic (exact) mass is 382 g/mol. The van der Waals surface area contributed by atoms with Crippen LogP contribution in [0.2, 0.25) is 0 Å². The first kappa shape index (κ1) is 19.4. The van der Waals surface area contributed by atoms with Crippen LogP contribution in [0.5, 0.6) is 0 Å². The van der Waals surface area contributed by atoms with Gasteiger partial charge in [0, 0.05) is 13.6 Å². The molecule has 0 bridgehead atoms. The van der Waals surface area contributed by atoms with Crippen molar-refractivity contribution in [3.05, 3.63) is 35.4 Å². The van der Waals surface area contributed by atoms with Crippen molar-refractivity contribution in [2.75, 3.05) is 13.6 Å². The van der Waals surface area contributed by atoms with Crippen molar-refractivity contribution in [1.29, 1.82) is 0 Å². The van der Waals surface area contributed by atoms with Gasteiger partial charge in [0.25, 0.3) is 0 Å². The third-order valence-electron chi connectivity index (χ3n) is 5.35. The van der Waals surface area contributed by atoms with Crippen LogP contribution in [0.25, 0.3) is 0 Å². The highest BCUT2D eigenvalue weighted by Crippen LogP contribution is 2.38. The lowest BCUT2D eigenvalue weighted by Crippen LogP contribution is -2.41. The van der Waals surface area contributed by atoms with Gasteiger partial charge in [0.05, 0.1) is 17.4 Å². The Morgan fingerprint density at radius 2 is 1.59 bits per heavy atom. The van der Waals surface area contributed by atoms with Gasteiger partial charge in [-0.15, -0.1) is 0 Å². The molecule has 8 heteroatoms. The van der Waals surface area contributed by atoms with Gasteiger partial charge in [0.1, 0.15) is 6.54 Å².